The zero-order valence-corrected chi connectivity index (χ0v) is 27.1. The molecule has 0 atom stereocenters. The average Bonchev–Trinajstić information content (AvgIpc) is 3.45. The first-order chi connectivity index (χ1) is 17.7. The number of anilines is 3. The van der Waals surface area contributed by atoms with Crippen LogP contribution in [0.2, 0.25) is 5.15 Å². The van der Waals surface area contributed by atoms with Crippen LogP contribution in [0.15, 0.2) is 24.5 Å². The van der Waals surface area contributed by atoms with Crippen molar-refractivity contribution in [3.05, 3.63) is 33.6 Å². The second-order valence-electron chi connectivity index (χ2n) is 7.94. The van der Waals surface area contributed by atoms with E-state index in [1.54, 1.807) is 0 Å². The molecule has 211 valence electrons. The van der Waals surface area contributed by atoms with Crippen molar-refractivity contribution in [3.8, 4) is 0 Å². The van der Waals surface area contributed by atoms with Gasteiger partial charge in [0.05, 0.1) is 10.8 Å². The molecule has 0 unspecified atom stereocenters. The van der Waals surface area contributed by atoms with E-state index in [0.29, 0.717) is 22.9 Å². The molecule has 0 spiro atoms. The molecule has 0 aromatic carbocycles. The van der Waals surface area contributed by atoms with Crippen LogP contribution in [0.3, 0.4) is 0 Å². The van der Waals surface area contributed by atoms with E-state index >= 15 is 0 Å². The van der Waals surface area contributed by atoms with Crippen LogP contribution in [0, 0.1) is 3.92 Å². The Morgan fingerprint density at radius 1 is 0.868 bits per heavy atom. The monoisotopic (exact) mass is 696 g/mol. The van der Waals surface area contributed by atoms with Crippen molar-refractivity contribution in [2.75, 3.05) is 29.1 Å². The molecule has 0 saturated heterocycles. The molecule has 15 heteroatoms. The number of rotatable bonds is 7. The third kappa shape index (κ3) is 11.1. The molecule has 4 aromatic rings. The maximum atomic E-state index is 6.05. The molecule has 0 aliphatic carbocycles. The van der Waals surface area contributed by atoms with Gasteiger partial charge < -0.3 is 47.8 Å². The Bertz CT molecular complexity index is 1210. The minimum atomic E-state index is 0. The number of hydrazine groups is 2. The fourth-order valence-corrected chi connectivity index (χ4v) is 3.21. The second kappa shape index (κ2) is 19.2. The zero-order valence-electron chi connectivity index (χ0n) is 22.8. The van der Waals surface area contributed by atoms with Gasteiger partial charge in [0.15, 0.2) is 5.82 Å². The molecule has 4 aromatic heterocycles. The van der Waals surface area contributed by atoms with Crippen molar-refractivity contribution in [1.29, 1.82) is 0 Å². The summed E-state index contributed by atoms with van der Waals surface area (Å²) in [6, 6.07) is 3.86. The molecular weight excluding hydrogens is 658 g/mol. The molecule has 1 radical (unpaired) electrons. The fourth-order valence-electron chi connectivity index (χ4n) is 2.98. The Morgan fingerprint density at radius 3 is 1.74 bits per heavy atom. The van der Waals surface area contributed by atoms with Gasteiger partial charge in [-0.25, -0.2) is 10.8 Å². The van der Waals surface area contributed by atoms with Crippen LogP contribution < -0.4 is 33.6 Å². The van der Waals surface area contributed by atoms with Crippen LogP contribution >= 0.6 is 34.2 Å². The van der Waals surface area contributed by atoms with Crippen LogP contribution in [-0.4, -0.2) is 42.2 Å². The van der Waals surface area contributed by atoms with E-state index in [2.05, 4.69) is 98.0 Å². The summed E-state index contributed by atoms with van der Waals surface area (Å²) in [6.45, 7) is 10.0. The van der Waals surface area contributed by atoms with E-state index in [-0.39, 0.29) is 18.6 Å². The van der Waals surface area contributed by atoms with Gasteiger partial charge in [0.25, 0.3) is 0 Å². The van der Waals surface area contributed by atoms with Gasteiger partial charge in [0, 0.05) is 58.1 Å². The van der Waals surface area contributed by atoms with E-state index in [0.717, 1.165) is 48.0 Å². The van der Waals surface area contributed by atoms with Crippen LogP contribution in [0.4, 0.5) is 17.7 Å². The predicted molar refractivity (Wildman–Crippen MR) is 164 cm³/mol. The topological polar surface area (TPSA) is 176 Å². The SMILES string of the molecule is CCCNc1nc(Cl)c2ccn(C)c2n1.CCCNc1nc(NN)c2ccn(C)c2n1.C[C-](C)I.NN.[V]. The Hall–Kier alpha value is -1.88. The van der Waals surface area contributed by atoms with Crippen molar-refractivity contribution >= 4 is 74.0 Å². The molecule has 12 nitrogen and oxygen atoms in total. The number of fused-ring (bicyclic) bond motifs is 2. The first kappa shape index (κ1) is 36.1. The minimum absolute atomic E-state index is 0. The molecule has 4 heterocycles. The summed E-state index contributed by atoms with van der Waals surface area (Å²) < 4.78 is 5.26. The van der Waals surface area contributed by atoms with Crippen molar-refractivity contribution in [3.63, 3.8) is 0 Å². The van der Waals surface area contributed by atoms with E-state index in [9.17, 15) is 0 Å². The summed E-state index contributed by atoms with van der Waals surface area (Å²) in [5.41, 5.74) is 4.31. The van der Waals surface area contributed by atoms with Gasteiger partial charge in [-0.05, 0) is 25.0 Å². The number of nitrogen functional groups attached to an aromatic ring is 1. The molecule has 0 fully saturated rings. The van der Waals surface area contributed by atoms with E-state index in [1.165, 1.54) is 3.92 Å². The summed E-state index contributed by atoms with van der Waals surface area (Å²) in [5.74, 6) is 15.3. The number of aryl methyl sites for hydroxylation is 2. The van der Waals surface area contributed by atoms with Crippen LogP contribution in [0.1, 0.15) is 40.5 Å². The van der Waals surface area contributed by atoms with Crippen LogP contribution in [0.25, 0.3) is 22.1 Å². The molecule has 38 heavy (non-hydrogen) atoms. The van der Waals surface area contributed by atoms with Gasteiger partial charge >= 0.3 is 0 Å². The number of hydrogen-bond acceptors (Lipinski definition) is 10. The third-order valence-corrected chi connectivity index (χ3v) is 4.89. The number of halogens is 2. The van der Waals surface area contributed by atoms with Crippen LogP contribution in [-0.2, 0) is 32.7 Å². The average molecular weight is 697 g/mol. The summed E-state index contributed by atoms with van der Waals surface area (Å²) in [7, 11) is 3.88. The van der Waals surface area contributed by atoms with Crippen molar-refractivity contribution in [2.45, 2.75) is 40.5 Å². The van der Waals surface area contributed by atoms with Gasteiger partial charge in [-0.1, -0.05) is 25.4 Å². The molecule has 9 N–H and O–H groups in total. The van der Waals surface area contributed by atoms with Gasteiger partial charge in [-0.15, -0.1) is 0 Å². The Balaban J connectivity index is 0.000000586. The Kier molecular flexibility index (Phi) is 18.3. The smallest absolute Gasteiger partial charge is 0.226 e. The van der Waals surface area contributed by atoms with Gasteiger partial charge in [0.2, 0.25) is 11.9 Å². The van der Waals surface area contributed by atoms with Crippen molar-refractivity contribution in [1.82, 2.24) is 29.1 Å². The fraction of sp³-hybridized carbons (Fsp3) is 0.435. The first-order valence-corrected chi connectivity index (χ1v) is 13.2. The van der Waals surface area contributed by atoms with Crippen LogP contribution in [0.5, 0.6) is 0 Å². The van der Waals surface area contributed by atoms with Gasteiger partial charge in [-0.2, -0.15) is 28.8 Å². The summed E-state index contributed by atoms with van der Waals surface area (Å²) in [4.78, 5) is 17.3. The Morgan fingerprint density at radius 2 is 1.29 bits per heavy atom. The maximum Gasteiger partial charge on any atom is 0.226 e. The molecule has 0 aliphatic rings. The predicted octanol–water partition coefficient (Wildman–Crippen LogP) is 4.33. The summed E-state index contributed by atoms with van der Waals surface area (Å²) in [5, 5.41) is 8.58. The zero-order chi connectivity index (χ0) is 28.0. The van der Waals surface area contributed by atoms with Gasteiger partial charge in [0.1, 0.15) is 16.4 Å². The molecule has 4 rings (SSSR count). The third-order valence-electron chi connectivity index (χ3n) is 4.61. The molecule has 0 amide bonds. The van der Waals surface area contributed by atoms with Gasteiger partial charge in [-0.3, -0.25) is 15.6 Å². The first-order valence-electron chi connectivity index (χ1n) is 11.8. The van der Waals surface area contributed by atoms with Crippen molar-refractivity contribution in [2.24, 2.45) is 31.6 Å². The summed E-state index contributed by atoms with van der Waals surface area (Å²) in [6.07, 6.45) is 5.92. The quantitative estimate of drug-likeness (QED) is 0.0537. The molecule has 0 saturated carbocycles. The minimum Gasteiger partial charge on any atom is -0.354 e. The van der Waals surface area contributed by atoms with E-state index in [4.69, 9.17) is 17.4 Å². The van der Waals surface area contributed by atoms with E-state index < -0.39 is 0 Å². The number of nitrogens with two attached hydrogens (primary N) is 3. The standard InChI is InChI=1S/C10H13ClN4.C10H16N6.C3H6I.H4N2.V/c1-3-5-12-10-13-8(11)7-4-6-15(2)9(7)14-10;1-3-5-12-10-13-8(15-11)7-4-6-16(2)9(7)14-10;1-3(2)4;1-2;/h4,6H,3,5H2,1-2H3,(H,12,13,14);4,6H,3,5,11H2,1-2H3,(H2,12,13,14,15);1-2H3;1-2H2;/q;;-1;;. The number of hydrogen-bond donors (Lipinski definition) is 6. The Labute approximate surface area is 255 Å². The van der Waals surface area contributed by atoms with Crippen molar-refractivity contribution < 1.29 is 18.6 Å². The maximum absolute atomic E-state index is 6.05. The second-order valence-corrected chi connectivity index (χ2v) is 10.5. The molecule has 0 aliphatic heterocycles. The van der Waals surface area contributed by atoms with E-state index in [1.807, 2.05) is 47.8 Å². The largest absolute Gasteiger partial charge is 0.354 e. The number of nitrogens with one attached hydrogen (secondary N) is 3. The number of nitrogens with zero attached hydrogens (tertiary/aromatic N) is 6. The normalized spacial score (nSPS) is 9.89. The molecule has 0 bridgehead atoms. The number of aromatic nitrogens is 6. The molecular formula is C23H39ClIN12V-. The summed E-state index contributed by atoms with van der Waals surface area (Å²) >= 11 is 8.31.